The van der Waals surface area contributed by atoms with Crippen molar-refractivity contribution >= 4 is 17.7 Å². The lowest BCUT2D eigenvalue weighted by atomic mass is 9.99. The third kappa shape index (κ3) is 4.31. The molecule has 3 aromatic rings. The lowest BCUT2D eigenvalue weighted by Crippen LogP contribution is -2.52. The number of amides is 3. The van der Waals surface area contributed by atoms with Crippen molar-refractivity contribution in [2.45, 2.75) is 44.3 Å². The minimum Gasteiger partial charge on any atom is -0.322 e. The Bertz CT molecular complexity index is 1340. The topological polar surface area (TPSA) is 82.6 Å². The standard InChI is InChI=1S/C29H28N4O3/c34-27-9-8-26(28(35)31-27)33-18-23-15-21(6-7-24(23)29(33)36)25-14-19(10-12-30-25)16-32-13-11-22(17-32)20-4-2-1-3-5-20/h1-7,10,12,14-15,22,26H,8-9,11,13,16-18H2,(H,31,34,35)/t22-,26?/m0/s1. The molecule has 0 spiro atoms. The molecule has 4 heterocycles. The van der Waals surface area contributed by atoms with E-state index in [2.05, 4.69) is 57.7 Å². The van der Waals surface area contributed by atoms with Crippen molar-refractivity contribution in [1.29, 1.82) is 0 Å². The van der Waals surface area contributed by atoms with Crippen LogP contribution in [0.3, 0.4) is 0 Å². The summed E-state index contributed by atoms with van der Waals surface area (Å²) in [5.41, 5.74) is 5.96. The van der Waals surface area contributed by atoms with Gasteiger partial charge in [-0.05, 0) is 66.3 Å². The Balaban J connectivity index is 1.16. The molecule has 2 saturated heterocycles. The number of likely N-dealkylation sites (tertiary alicyclic amines) is 1. The second kappa shape index (κ2) is 9.32. The van der Waals surface area contributed by atoms with Crippen molar-refractivity contribution in [3.05, 3.63) is 89.1 Å². The van der Waals surface area contributed by atoms with Gasteiger partial charge in [-0.15, -0.1) is 0 Å². The monoisotopic (exact) mass is 480 g/mol. The van der Waals surface area contributed by atoms with Crippen LogP contribution in [0.1, 0.15) is 52.2 Å². The largest absolute Gasteiger partial charge is 0.322 e. The molecule has 1 aromatic heterocycles. The molecule has 3 aliphatic heterocycles. The van der Waals surface area contributed by atoms with Gasteiger partial charge in [-0.25, -0.2) is 0 Å². The van der Waals surface area contributed by atoms with Crippen molar-refractivity contribution in [2.24, 2.45) is 0 Å². The van der Waals surface area contributed by atoms with E-state index in [-0.39, 0.29) is 18.2 Å². The molecule has 2 fully saturated rings. The zero-order chi connectivity index (χ0) is 24.6. The van der Waals surface area contributed by atoms with E-state index in [1.165, 1.54) is 17.5 Å². The number of piperidine rings is 1. The summed E-state index contributed by atoms with van der Waals surface area (Å²) in [7, 11) is 0. The van der Waals surface area contributed by atoms with Gasteiger partial charge < -0.3 is 4.90 Å². The number of benzene rings is 2. The van der Waals surface area contributed by atoms with Gasteiger partial charge >= 0.3 is 0 Å². The predicted molar refractivity (Wildman–Crippen MR) is 135 cm³/mol. The van der Waals surface area contributed by atoms with E-state index in [1.54, 1.807) is 4.90 Å². The lowest BCUT2D eigenvalue weighted by molar-refractivity contribution is -0.136. The number of carbonyl (C=O) groups excluding carboxylic acids is 3. The molecule has 7 heteroatoms. The van der Waals surface area contributed by atoms with Crippen LogP contribution in [-0.2, 0) is 22.7 Å². The van der Waals surface area contributed by atoms with Crippen LogP contribution in [-0.4, -0.2) is 51.6 Å². The molecule has 0 saturated carbocycles. The zero-order valence-electron chi connectivity index (χ0n) is 20.0. The molecule has 36 heavy (non-hydrogen) atoms. The van der Waals surface area contributed by atoms with E-state index in [4.69, 9.17) is 0 Å². The molecule has 1 N–H and O–H groups in total. The molecule has 2 atom stereocenters. The second-order valence-corrected chi connectivity index (χ2v) is 9.95. The van der Waals surface area contributed by atoms with Gasteiger partial charge in [0.25, 0.3) is 5.91 Å². The van der Waals surface area contributed by atoms with Crippen LogP contribution in [0.4, 0.5) is 0 Å². The first-order valence-electron chi connectivity index (χ1n) is 12.6. The summed E-state index contributed by atoms with van der Waals surface area (Å²) < 4.78 is 0. The van der Waals surface area contributed by atoms with Crippen LogP contribution in [0, 0.1) is 0 Å². The van der Waals surface area contributed by atoms with E-state index >= 15 is 0 Å². The van der Waals surface area contributed by atoms with E-state index in [1.807, 2.05) is 24.4 Å². The Labute approximate surface area is 210 Å². The molecule has 2 aromatic carbocycles. The maximum atomic E-state index is 13.0. The first-order valence-corrected chi connectivity index (χ1v) is 12.6. The number of rotatable bonds is 5. The van der Waals surface area contributed by atoms with Gasteiger partial charge in [-0.1, -0.05) is 36.4 Å². The Morgan fingerprint density at radius 3 is 2.67 bits per heavy atom. The quantitative estimate of drug-likeness (QED) is 0.566. The molecule has 7 nitrogen and oxygen atoms in total. The summed E-state index contributed by atoms with van der Waals surface area (Å²) in [5.74, 6) is -0.250. The summed E-state index contributed by atoms with van der Waals surface area (Å²) in [4.78, 5) is 45.5. The maximum Gasteiger partial charge on any atom is 0.255 e. The fourth-order valence-electron chi connectivity index (χ4n) is 5.70. The second-order valence-electron chi connectivity index (χ2n) is 9.95. The summed E-state index contributed by atoms with van der Waals surface area (Å²) >= 11 is 0. The average molecular weight is 481 g/mol. The maximum absolute atomic E-state index is 13.0. The highest BCUT2D eigenvalue weighted by Crippen LogP contribution is 2.32. The number of aromatic nitrogens is 1. The third-order valence-electron chi connectivity index (χ3n) is 7.59. The zero-order valence-corrected chi connectivity index (χ0v) is 20.0. The van der Waals surface area contributed by atoms with Crippen LogP contribution < -0.4 is 5.32 Å². The van der Waals surface area contributed by atoms with Crippen LogP contribution in [0.15, 0.2) is 66.9 Å². The molecule has 182 valence electrons. The van der Waals surface area contributed by atoms with Gasteiger partial charge in [0.2, 0.25) is 11.8 Å². The molecule has 0 bridgehead atoms. The summed E-state index contributed by atoms with van der Waals surface area (Å²) in [6.07, 6.45) is 3.64. The SMILES string of the molecule is O=C1CCC(N2Cc3cc(-c4cc(CN5CC[C@H](c6ccccc6)C5)ccn4)ccc3C2=O)C(=O)N1. The van der Waals surface area contributed by atoms with Crippen molar-refractivity contribution in [2.75, 3.05) is 13.1 Å². The Morgan fingerprint density at radius 1 is 0.972 bits per heavy atom. The normalized spacial score (nSPS) is 22.1. The summed E-state index contributed by atoms with van der Waals surface area (Å²) in [5, 5.41) is 2.35. The molecular weight excluding hydrogens is 452 g/mol. The Hall–Kier alpha value is -3.84. The Morgan fingerprint density at radius 2 is 1.83 bits per heavy atom. The molecule has 1 unspecified atom stereocenters. The summed E-state index contributed by atoms with van der Waals surface area (Å²) in [6, 6.07) is 20.1. The number of imide groups is 1. The first-order chi connectivity index (χ1) is 17.5. The minimum absolute atomic E-state index is 0.158. The highest BCUT2D eigenvalue weighted by atomic mass is 16.2. The molecule has 0 aliphatic carbocycles. The van der Waals surface area contributed by atoms with Gasteiger partial charge in [0.1, 0.15) is 6.04 Å². The number of fused-ring (bicyclic) bond motifs is 1. The fourth-order valence-corrected chi connectivity index (χ4v) is 5.70. The van der Waals surface area contributed by atoms with E-state index in [9.17, 15) is 14.4 Å². The number of hydrogen-bond acceptors (Lipinski definition) is 5. The van der Waals surface area contributed by atoms with Gasteiger partial charge in [-0.2, -0.15) is 0 Å². The van der Waals surface area contributed by atoms with Crippen molar-refractivity contribution in [3.8, 4) is 11.3 Å². The highest BCUT2D eigenvalue weighted by Gasteiger charge is 2.39. The first kappa shape index (κ1) is 22.6. The van der Waals surface area contributed by atoms with Crippen LogP contribution in [0.2, 0.25) is 0 Å². The molecule has 3 aliphatic rings. The van der Waals surface area contributed by atoms with Gasteiger partial charge in [0.05, 0.1) is 5.69 Å². The van der Waals surface area contributed by atoms with Crippen molar-refractivity contribution < 1.29 is 14.4 Å². The van der Waals surface area contributed by atoms with E-state index in [0.29, 0.717) is 24.4 Å². The minimum atomic E-state index is -0.604. The lowest BCUT2D eigenvalue weighted by Gasteiger charge is -2.29. The Kier molecular flexibility index (Phi) is 5.85. The average Bonchev–Trinajstić information content (AvgIpc) is 3.49. The summed E-state index contributed by atoms with van der Waals surface area (Å²) in [6.45, 7) is 3.38. The third-order valence-corrected chi connectivity index (χ3v) is 7.59. The highest BCUT2D eigenvalue weighted by molar-refractivity contribution is 6.05. The predicted octanol–water partition coefficient (Wildman–Crippen LogP) is 3.50. The van der Waals surface area contributed by atoms with E-state index in [0.717, 1.165) is 36.5 Å². The number of nitrogens with zero attached hydrogens (tertiary/aromatic N) is 3. The van der Waals surface area contributed by atoms with Crippen molar-refractivity contribution in [3.63, 3.8) is 0 Å². The molecule has 0 radical (unpaired) electrons. The smallest absolute Gasteiger partial charge is 0.255 e. The number of hydrogen-bond donors (Lipinski definition) is 1. The van der Waals surface area contributed by atoms with Crippen LogP contribution in [0.25, 0.3) is 11.3 Å². The molecule has 3 amide bonds. The van der Waals surface area contributed by atoms with Gasteiger partial charge in [-0.3, -0.25) is 29.6 Å². The fraction of sp³-hybridized carbons (Fsp3) is 0.310. The van der Waals surface area contributed by atoms with E-state index < -0.39 is 11.9 Å². The van der Waals surface area contributed by atoms with Gasteiger partial charge in [0.15, 0.2) is 0 Å². The number of nitrogens with one attached hydrogen (secondary N) is 1. The molecule has 6 rings (SSSR count). The van der Waals surface area contributed by atoms with Crippen LogP contribution >= 0.6 is 0 Å². The molecular formula is C29H28N4O3. The number of pyridine rings is 1. The van der Waals surface area contributed by atoms with Crippen LogP contribution in [0.5, 0.6) is 0 Å². The van der Waals surface area contributed by atoms with Crippen molar-refractivity contribution in [1.82, 2.24) is 20.1 Å². The number of carbonyl (C=O) groups is 3. The van der Waals surface area contributed by atoms with Gasteiger partial charge in [0, 0.05) is 43.4 Å².